The number of aliphatic hydroxyl groups is 1. The van der Waals surface area contributed by atoms with Crippen LogP contribution in [-0.4, -0.2) is 35.9 Å². The van der Waals surface area contributed by atoms with Gasteiger partial charge in [-0.25, -0.2) is 0 Å². The van der Waals surface area contributed by atoms with Crippen LogP contribution in [0.2, 0.25) is 0 Å². The van der Waals surface area contributed by atoms with E-state index in [0.29, 0.717) is 6.42 Å². The second-order valence-electron chi connectivity index (χ2n) is 6.14. The Kier molecular flexibility index (Phi) is 2.56. The molecule has 0 amide bonds. The number of benzene rings is 2. The maximum atomic E-state index is 10.9. The maximum Gasteiger partial charge on any atom is 0.213 e. The molecular formula is C17H19NO2. The normalized spacial score (nSPS) is 29.6. The van der Waals surface area contributed by atoms with Gasteiger partial charge in [0.05, 0.1) is 0 Å². The minimum atomic E-state index is -0.996. The predicted molar refractivity (Wildman–Crippen MR) is 78.8 cm³/mol. The van der Waals surface area contributed by atoms with Crippen molar-refractivity contribution in [3.05, 3.63) is 42.0 Å². The van der Waals surface area contributed by atoms with Crippen LogP contribution in [-0.2, 0) is 6.42 Å². The summed E-state index contributed by atoms with van der Waals surface area (Å²) in [7, 11) is 2.11. The zero-order valence-corrected chi connectivity index (χ0v) is 11.7. The van der Waals surface area contributed by atoms with Crippen LogP contribution in [0.3, 0.4) is 0 Å². The van der Waals surface area contributed by atoms with E-state index in [2.05, 4.69) is 36.2 Å². The third-order valence-electron chi connectivity index (χ3n) is 4.73. The van der Waals surface area contributed by atoms with Gasteiger partial charge in [0.1, 0.15) is 5.75 Å². The highest BCUT2D eigenvalue weighted by Crippen LogP contribution is 2.43. The van der Waals surface area contributed by atoms with Crippen LogP contribution in [0.5, 0.6) is 5.75 Å². The van der Waals surface area contributed by atoms with Gasteiger partial charge in [-0.1, -0.05) is 36.4 Å². The molecule has 2 heterocycles. The molecule has 0 aromatic heterocycles. The summed E-state index contributed by atoms with van der Waals surface area (Å²) in [5.74, 6) is 0.0465. The Morgan fingerprint density at radius 3 is 3.00 bits per heavy atom. The van der Waals surface area contributed by atoms with Crippen molar-refractivity contribution < 1.29 is 9.84 Å². The zero-order valence-electron chi connectivity index (χ0n) is 11.7. The van der Waals surface area contributed by atoms with Gasteiger partial charge in [0.25, 0.3) is 0 Å². The van der Waals surface area contributed by atoms with Gasteiger partial charge in [-0.3, -0.25) is 0 Å². The third-order valence-corrected chi connectivity index (χ3v) is 4.73. The molecule has 20 heavy (non-hydrogen) atoms. The molecular weight excluding hydrogens is 250 g/mol. The molecule has 2 aromatic rings. The van der Waals surface area contributed by atoms with E-state index in [1.54, 1.807) is 0 Å². The van der Waals surface area contributed by atoms with Crippen LogP contribution in [0.25, 0.3) is 10.8 Å². The van der Waals surface area contributed by atoms with E-state index in [-0.39, 0.29) is 5.92 Å². The lowest BCUT2D eigenvalue weighted by Crippen LogP contribution is -2.56. The standard InChI is InChI=1S/C17H19NO2/c1-18-9-8-17(19)14(11-18)10-13-7-6-12-4-2-3-5-15(12)16(13)20-17/h2-7,14,19H,8-11H2,1H3/t14-,17+/m0/s1. The summed E-state index contributed by atoms with van der Waals surface area (Å²) in [6.45, 7) is 1.77. The second kappa shape index (κ2) is 4.21. The van der Waals surface area contributed by atoms with Crippen LogP contribution in [0.1, 0.15) is 12.0 Å². The average molecular weight is 269 g/mol. The smallest absolute Gasteiger partial charge is 0.213 e. The average Bonchev–Trinajstić information content (AvgIpc) is 2.46. The Bertz CT molecular complexity index is 669. The minimum Gasteiger partial charge on any atom is -0.461 e. The number of fused-ring (bicyclic) bond motifs is 4. The van der Waals surface area contributed by atoms with Crippen molar-refractivity contribution in [3.8, 4) is 5.75 Å². The lowest BCUT2D eigenvalue weighted by molar-refractivity contribution is -0.211. The molecule has 3 nitrogen and oxygen atoms in total. The van der Waals surface area contributed by atoms with E-state index in [4.69, 9.17) is 4.74 Å². The van der Waals surface area contributed by atoms with E-state index in [1.165, 1.54) is 10.9 Å². The van der Waals surface area contributed by atoms with E-state index in [0.717, 1.165) is 30.6 Å². The summed E-state index contributed by atoms with van der Waals surface area (Å²) >= 11 is 0. The molecule has 0 saturated carbocycles. The largest absolute Gasteiger partial charge is 0.461 e. The maximum absolute atomic E-state index is 10.9. The summed E-state index contributed by atoms with van der Waals surface area (Å²) < 4.78 is 6.11. The highest BCUT2D eigenvalue weighted by Gasteiger charge is 2.46. The Morgan fingerprint density at radius 2 is 2.10 bits per heavy atom. The van der Waals surface area contributed by atoms with Crippen LogP contribution < -0.4 is 4.74 Å². The monoisotopic (exact) mass is 269 g/mol. The number of hydrogen-bond acceptors (Lipinski definition) is 3. The lowest BCUT2D eigenvalue weighted by atomic mass is 9.82. The molecule has 4 rings (SSSR count). The van der Waals surface area contributed by atoms with E-state index in [1.807, 2.05) is 12.1 Å². The van der Waals surface area contributed by atoms with E-state index < -0.39 is 5.79 Å². The van der Waals surface area contributed by atoms with Crippen molar-refractivity contribution in [1.29, 1.82) is 0 Å². The summed E-state index contributed by atoms with van der Waals surface area (Å²) in [6, 6.07) is 12.5. The number of nitrogens with zero attached hydrogens (tertiary/aromatic N) is 1. The first-order chi connectivity index (χ1) is 9.66. The topological polar surface area (TPSA) is 32.7 Å². The molecule has 0 bridgehead atoms. The highest BCUT2D eigenvalue weighted by molar-refractivity contribution is 5.89. The van der Waals surface area contributed by atoms with Crippen molar-refractivity contribution in [2.24, 2.45) is 5.92 Å². The van der Waals surface area contributed by atoms with E-state index in [9.17, 15) is 5.11 Å². The Hall–Kier alpha value is -1.58. The van der Waals surface area contributed by atoms with Crippen molar-refractivity contribution in [2.75, 3.05) is 20.1 Å². The van der Waals surface area contributed by atoms with E-state index >= 15 is 0 Å². The SMILES string of the molecule is CN1CC[C@@]2(O)Oc3c(ccc4ccccc34)C[C@H]2C1. The minimum absolute atomic E-state index is 0.162. The summed E-state index contributed by atoms with van der Waals surface area (Å²) in [6.07, 6.45) is 1.57. The molecule has 1 fully saturated rings. The Balaban J connectivity index is 1.84. The quantitative estimate of drug-likeness (QED) is 0.797. The fraction of sp³-hybridized carbons (Fsp3) is 0.412. The zero-order chi connectivity index (χ0) is 13.7. The molecule has 2 atom stereocenters. The van der Waals surface area contributed by atoms with Gasteiger partial charge in [-0.2, -0.15) is 0 Å². The van der Waals surface area contributed by atoms with Crippen LogP contribution in [0, 0.1) is 5.92 Å². The van der Waals surface area contributed by atoms with Gasteiger partial charge in [0, 0.05) is 30.8 Å². The van der Waals surface area contributed by atoms with Crippen LogP contribution in [0.4, 0.5) is 0 Å². The summed E-state index contributed by atoms with van der Waals surface area (Å²) in [5, 5.41) is 13.1. The van der Waals surface area contributed by atoms with Gasteiger partial charge in [0.2, 0.25) is 5.79 Å². The molecule has 104 valence electrons. The van der Waals surface area contributed by atoms with Crippen molar-refractivity contribution in [1.82, 2.24) is 4.90 Å². The Labute approximate surface area is 118 Å². The lowest BCUT2D eigenvalue weighted by Gasteiger charge is -2.46. The Morgan fingerprint density at radius 1 is 1.25 bits per heavy atom. The van der Waals surface area contributed by atoms with Crippen LogP contribution in [0.15, 0.2) is 36.4 Å². The third kappa shape index (κ3) is 1.74. The highest BCUT2D eigenvalue weighted by atomic mass is 16.6. The fourth-order valence-corrected chi connectivity index (χ4v) is 3.54. The molecule has 1 N–H and O–H groups in total. The number of piperidine rings is 1. The number of ether oxygens (including phenoxy) is 1. The van der Waals surface area contributed by atoms with Gasteiger partial charge < -0.3 is 14.7 Å². The van der Waals surface area contributed by atoms with Gasteiger partial charge in [-0.05, 0) is 24.4 Å². The molecule has 2 aliphatic heterocycles. The number of likely N-dealkylation sites (tertiary alicyclic amines) is 1. The van der Waals surface area contributed by atoms with Gasteiger partial charge in [-0.15, -0.1) is 0 Å². The number of hydrogen-bond donors (Lipinski definition) is 1. The molecule has 0 spiro atoms. The van der Waals surface area contributed by atoms with Gasteiger partial charge >= 0.3 is 0 Å². The van der Waals surface area contributed by atoms with Gasteiger partial charge in [0.15, 0.2) is 0 Å². The fourth-order valence-electron chi connectivity index (χ4n) is 3.54. The molecule has 2 aromatic carbocycles. The van der Waals surface area contributed by atoms with Crippen molar-refractivity contribution in [3.63, 3.8) is 0 Å². The van der Waals surface area contributed by atoms with Crippen molar-refractivity contribution >= 4 is 10.8 Å². The molecule has 3 heteroatoms. The summed E-state index contributed by atoms with van der Waals surface area (Å²) in [4.78, 5) is 2.27. The first kappa shape index (κ1) is 12.2. The first-order valence-electron chi connectivity index (χ1n) is 7.26. The van der Waals surface area contributed by atoms with Crippen molar-refractivity contribution in [2.45, 2.75) is 18.6 Å². The van der Waals surface area contributed by atoms with Crippen LogP contribution >= 0.6 is 0 Å². The molecule has 2 aliphatic rings. The molecule has 0 aliphatic carbocycles. The molecule has 1 saturated heterocycles. The number of rotatable bonds is 0. The first-order valence-corrected chi connectivity index (χ1v) is 7.26. The predicted octanol–water partition coefficient (Wildman–Crippen LogP) is 2.42. The molecule has 0 unspecified atom stereocenters. The molecule has 0 radical (unpaired) electrons. The summed E-state index contributed by atoms with van der Waals surface area (Å²) in [5.41, 5.74) is 1.22. The second-order valence-corrected chi connectivity index (χ2v) is 6.14.